The number of fused-ring (bicyclic) bond motifs is 1. The molecule has 0 spiro atoms. The number of aromatic carboxylic acids is 1. The van der Waals surface area contributed by atoms with Crippen molar-refractivity contribution in [2.75, 3.05) is 0 Å². The second-order valence-electron chi connectivity index (χ2n) is 5.97. The number of rotatable bonds is 3. The lowest BCUT2D eigenvalue weighted by atomic mass is 9.97. The van der Waals surface area contributed by atoms with Crippen LogP contribution in [-0.4, -0.2) is 15.6 Å². The molecule has 2 rings (SSSR count). The van der Waals surface area contributed by atoms with E-state index in [1.54, 1.807) is 17.6 Å². The Morgan fingerprint density at radius 1 is 1.19 bits per heavy atom. The molecule has 0 aliphatic carbocycles. The predicted octanol–water partition coefficient (Wildman–Crippen LogP) is 3.71. The zero-order valence-corrected chi connectivity index (χ0v) is 13.1. The van der Waals surface area contributed by atoms with Crippen molar-refractivity contribution >= 4 is 16.9 Å². The van der Waals surface area contributed by atoms with Crippen LogP contribution in [-0.2, 0) is 0 Å². The zero-order chi connectivity index (χ0) is 15.9. The van der Waals surface area contributed by atoms with Gasteiger partial charge in [0, 0.05) is 17.0 Å². The van der Waals surface area contributed by atoms with Gasteiger partial charge in [-0.05, 0) is 38.3 Å². The van der Waals surface area contributed by atoms with Crippen LogP contribution in [0.3, 0.4) is 0 Å². The summed E-state index contributed by atoms with van der Waals surface area (Å²) in [7, 11) is 0. The third-order valence-electron chi connectivity index (χ3n) is 3.83. The highest BCUT2D eigenvalue weighted by Crippen LogP contribution is 2.28. The highest BCUT2D eigenvalue weighted by Gasteiger charge is 2.22. The molecule has 0 amide bonds. The molecule has 4 nitrogen and oxygen atoms in total. The van der Waals surface area contributed by atoms with Crippen molar-refractivity contribution in [1.29, 1.82) is 0 Å². The van der Waals surface area contributed by atoms with E-state index in [1.807, 2.05) is 39.8 Å². The first kappa shape index (κ1) is 15.3. The molecular weight excluding hydrogens is 266 g/mol. The van der Waals surface area contributed by atoms with Crippen molar-refractivity contribution < 1.29 is 9.90 Å². The first-order chi connectivity index (χ1) is 9.77. The Bertz CT molecular complexity index is 770. The third-order valence-corrected chi connectivity index (χ3v) is 3.83. The molecule has 4 heteroatoms. The van der Waals surface area contributed by atoms with Crippen molar-refractivity contribution in [2.24, 2.45) is 0 Å². The van der Waals surface area contributed by atoms with Gasteiger partial charge in [0.15, 0.2) is 5.43 Å². The molecule has 0 fully saturated rings. The predicted molar refractivity (Wildman–Crippen MR) is 84.4 cm³/mol. The largest absolute Gasteiger partial charge is 0.477 e. The Balaban J connectivity index is 3.16. The van der Waals surface area contributed by atoms with Gasteiger partial charge in [-0.2, -0.15) is 0 Å². The van der Waals surface area contributed by atoms with Gasteiger partial charge in [0.25, 0.3) is 0 Å². The molecule has 0 aliphatic rings. The number of carboxylic acid groups (broad SMARTS) is 1. The number of para-hydroxylation sites is 1. The van der Waals surface area contributed by atoms with E-state index in [9.17, 15) is 14.7 Å². The molecule has 21 heavy (non-hydrogen) atoms. The maximum Gasteiger partial charge on any atom is 0.352 e. The monoisotopic (exact) mass is 287 g/mol. The van der Waals surface area contributed by atoms with E-state index in [-0.39, 0.29) is 23.1 Å². The molecule has 0 atom stereocenters. The highest BCUT2D eigenvalue weighted by atomic mass is 16.4. The Kier molecular flexibility index (Phi) is 3.90. The third kappa shape index (κ3) is 2.35. The van der Waals surface area contributed by atoms with Crippen molar-refractivity contribution in [3.05, 3.63) is 45.2 Å². The molecule has 0 radical (unpaired) electrons. The number of hydrogen-bond acceptors (Lipinski definition) is 2. The summed E-state index contributed by atoms with van der Waals surface area (Å²) in [6.45, 7) is 9.56. The Morgan fingerprint density at radius 3 is 2.29 bits per heavy atom. The second kappa shape index (κ2) is 5.35. The summed E-state index contributed by atoms with van der Waals surface area (Å²) in [6.07, 6.45) is 0. The maximum absolute atomic E-state index is 12.5. The summed E-state index contributed by atoms with van der Waals surface area (Å²) in [6, 6.07) is 5.56. The van der Waals surface area contributed by atoms with E-state index >= 15 is 0 Å². The van der Waals surface area contributed by atoms with E-state index < -0.39 is 5.97 Å². The molecule has 112 valence electrons. The van der Waals surface area contributed by atoms with Crippen LogP contribution in [0.2, 0.25) is 0 Å². The fourth-order valence-electron chi connectivity index (χ4n) is 2.86. The Hall–Kier alpha value is -2.10. The average Bonchev–Trinajstić information content (AvgIpc) is 2.40. The van der Waals surface area contributed by atoms with Gasteiger partial charge in [0.2, 0.25) is 0 Å². The van der Waals surface area contributed by atoms with Crippen LogP contribution in [0.4, 0.5) is 0 Å². The van der Waals surface area contributed by atoms with Crippen LogP contribution in [0.25, 0.3) is 10.9 Å². The van der Waals surface area contributed by atoms with E-state index in [2.05, 4.69) is 0 Å². The topological polar surface area (TPSA) is 59.3 Å². The van der Waals surface area contributed by atoms with E-state index in [4.69, 9.17) is 0 Å². The van der Waals surface area contributed by atoms with Crippen LogP contribution in [0.5, 0.6) is 0 Å². The van der Waals surface area contributed by atoms with Gasteiger partial charge in [-0.1, -0.05) is 26.0 Å². The number of carbonyl (C=O) groups is 1. The minimum absolute atomic E-state index is 0.0437. The molecule has 1 heterocycles. The standard InChI is InChI=1S/C17H21NO3/c1-9(2)12-7-6-8-13-15(12)18(10(3)4)14(17(20)21)11(5)16(13)19/h6-10H,1-5H3,(H,20,21). The number of pyridine rings is 1. The molecular formula is C17H21NO3. The molecule has 0 unspecified atom stereocenters. The number of nitrogens with zero attached hydrogens (tertiary/aromatic N) is 1. The van der Waals surface area contributed by atoms with Crippen molar-refractivity contribution in [3.8, 4) is 0 Å². The molecule has 1 aromatic heterocycles. The number of benzene rings is 1. The van der Waals surface area contributed by atoms with Crippen molar-refractivity contribution in [1.82, 2.24) is 4.57 Å². The first-order valence-corrected chi connectivity index (χ1v) is 7.18. The fourth-order valence-corrected chi connectivity index (χ4v) is 2.86. The minimum atomic E-state index is -1.06. The summed E-state index contributed by atoms with van der Waals surface area (Å²) in [5.41, 5.74) is 1.94. The van der Waals surface area contributed by atoms with Crippen molar-refractivity contribution in [2.45, 2.75) is 46.6 Å². The SMILES string of the molecule is Cc1c(C(=O)O)n(C(C)C)c2c(C(C)C)cccc2c1=O. The van der Waals surface area contributed by atoms with E-state index in [0.717, 1.165) is 11.1 Å². The number of aromatic nitrogens is 1. The lowest BCUT2D eigenvalue weighted by molar-refractivity contribution is 0.0682. The van der Waals surface area contributed by atoms with Crippen LogP contribution in [0.15, 0.2) is 23.0 Å². The summed E-state index contributed by atoms with van der Waals surface area (Å²) in [5.74, 6) is -0.846. The molecule has 2 aromatic rings. The summed E-state index contributed by atoms with van der Waals surface area (Å²) in [4.78, 5) is 24.2. The van der Waals surface area contributed by atoms with Gasteiger partial charge in [0.05, 0.1) is 5.52 Å². The van der Waals surface area contributed by atoms with Gasteiger partial charge in [0.1, 0.15) is 5.69 Å². The van der Waals surface area contributed by atoms with Gasteiger partial charge >= 0.3 is 5.97 Å². The number of hydrogen-bond donors (Lipinski definition) is 1. The Labute approximate surface area is 124 Å². The maximum atomic E-state index is 12.5. The lowest BCUT2D eigenvalue weighted by Gasteiger charge is -2.23. The zero-order valence-electron chi connectivity index (χ0n) is 13.1. The van der Waals surface area contributed by atoms with Crippen LogP contribution < -0.4 is 5.43 Å². The first-order valence-electron chi connectivity index (χ1n) is 7.18. The van der Waals surface area contributed by atoms with Crippen molar-refractivity contribution in [3.63, 3.8) is 0 Å². The molecule has 0 saturated carbocycles. The summed E-state index contributed by atoms with van der Waals surface area (Å²) in [5, 5.41) is 10.1. The molecule has 1 aromatic carbocycles. The fraction of sp³-hybridized carbons (Fsp3) is 0.412. The second-order valence-corrected chi connectivity index (χ2v) is 5.97. The van der Waals surface area contributed by atoms with Crippen LogP contribution >= 0.6 is 0 Å². The molecule has 1 N–H and O–H groups in total. The van der Waals surface area contributed by atoms with E-state index in [0.29, 0.717) is 10.9 Å². The summed E-state index contributed by atoms with van der Waals surface area (Å²) < 4.78 is 1.78. The lowest BCUT2D eigenvalue weighted by Crippen LogP contribution is -2.24. The van der Waals surface area contributed by atoms with Crippen LogP contribution in [0, 0.1) is 6.92 Å². The quantitative estimate of drug-likeness (QED) is 0.936. The van der Waals surface area contributed by atoms with E-state index in [1.165, 1.54) is 0 Å². The normalized spacial score (nSPS) is 11.6. The summed E-state index contributed by atoms with van der Waals surface area (Å²) >= 11 is 0. The average molecular weight is 287 g/mol. The smallest absolute Gasteiger partial charge is 0.352 e. The molecule has 0 saturated heterocycles. The Morgan fingerprint density at radius 2 is 1.81 bits per heavy atom. The number of carboxylic acids is 1. The van der Waals surface area contributed by atoms with Crippen LogP contribution in [0.1, 0.15) is 61.3 Å². The van der Waals surface area contributed by atoms with Gasteiger partial charge in [-0.15, -0.1) is 0 Å². The molecule has 0 aliphatic heterocycles. The minimum Gasteiger partial charge on any atom is -0.477 e. The highest BCUT2D eigenvalue weighted by molar-refractivity contribution is 5.93. The van der Waals surface area contributed by atoms with Gasteiger partial charge in [-0.25, -0.2) is 4.79 Å². The van der Waals surface area contributed by atoms with Gasteiger partial charge < -0.3 is 9.67 Å². The van der Waals surface area contributed by atoms with Gasteiger partial charge in [-0.3, -0.25) is 4.79 Å². The molecule has 0 bridgehead atoms.